The van der Waals surface area contributed by atoms with Gasteiger partial charge in [0, 0.05) is 26.2 Å². The largest absolute Gasteiger partial charge is 0.333 e. The molecule has 0 aromatic rings. The Hall–Kier alpha value is -0.120. The molecule has 1 aliphatic heterocycles. The van der Waals surface area contributed by atoms with E-state index in [0.717, 1.165) is 26.2 Å². The molecule has 50 valence electrons. The van der Waals surface area contributed by atoms with E-state index in [-0.39, 0.29) is 0 Å². The minimum atomic E-state index is 1.14. The maximum atomic E-state index is 4.50. The summed E-state index contributed by atoms with van der Waals surface area (Å²) in [7, 11) is 1.50. The van der Waals surface area contributed by atoms with E-state index in [9.17, 15) is 0 Å². The summed E-state index contributed by atoms with van der Waals surface area (Å²) in [5.41, 5.74) is 4.50. The first-order valence-corrected chi connectivity index (χ1v) is 2.99. The second-order valence-electron chi connectivity index (χ2n) is 1.50. The molecule has 0 aromatic heterocycles. The summed E-state index contributed by atoms with van der Waals surface area (Å²) >= 11 is 0. The zero-order valence-electron chi connectivity index (χ0n) is 5.41. The molecule has 0 saturated carbocycles. The van der Waals surface area contributed by atoms with E-state index in [4.69, 9.17) is 0 Å². The molecule has 4 N–H and O–H groups in total. The van der Waals surface area contributed by atoms with Gasteiger partial charge >= 0.3 is 0 Å². The van der Waals surface area contributed by atoms with Gasteiger partial charge in [-0.3, -0.25) is 0 Å². The molecule has 1 heterocycles. The fourth-order valence-corrected chi connectivity index (χ4v) is 0.604. The van der Waals surface area contributed by atoms with Crippen molar-refractivity contribution in [3.63, 3.8) is 0 Å². The van der Waals surface area contributed by atoms with Crippen molar-refractivity contribution in [1.29, 1.82) is 0 Å². The van der Waals surface area contributed by atoms with Crippen LogP contribution in [0.5, 0.6) is 0 Å². The summed E-state index contributed by atoms with van der Waals surface area (Å²) in [6, 6.07) is 0. The zero-order chi connectivity index (χ0) is 6.24. The highest BCUT2D eigenvalue weighted by atomic mass is 15.0. The lowest BCUT2D eigenvalue weighted by Gasteiger charge is -2.11. The van der Waals surface area contributed by atoms with Crippen molar-refractivity contribution >= 4 is 0 Å². The van der Waals surface area contributed by atoms with E-state index < -0.39 is 0 Å². The Morgan fingerprint density at radius 2 is 1.12 bits per heavy atom. The van der Waals surface area contributed by atoms with Gasteiger partial charge in [0.15, 0.2) is 0 Å². The number of rotatable bonds is 0. The summed E-state index contributed by atoms with van der Waals surface area (Å²) in [4.78, 5) is 0. The van der Waals surface area contributed by atoms with Crippen molar-refractivity contribution in [1.82, 2.24) is 10.6 Å². The zero-order valence-corrected chi connectivity index (χ0v) is 5.41. The third-order valence-electron chi connectivity index (χ3n) is 0.957. The Morgan fingerprint density at radius 3 is 1.25 bits per heavy atom. The first-order valence-electron chi connectivity index (χ1n) is 2.99. The summed E-state index contributed by atoms with van der Waals surface area (Å²) in [5, 5.41) is 6.44. The Kier molecular flexibility index (Phi) is 6.78. The number of nitrogens with one attached hydrogen (secondary N) is 2. The monoisotopic (exact) mass is 117 g/mol. The third kappa shape index (κ3) is 4.05. The van der Waals surface area contributed by atoms with Crippen molar-refractivity contribution in [2.24, 2.45) is 5.73 Å². The first-order chi connectivity index (χ1) is 4.00. The van der Waals surface area contributed by atoms with Crippen LogP contribution in [0, 0.1) is 0 Å². The van der Waals surface area contributed by atoms with Gasteiger partial charge in [0.25, 0.3) is 0 Å². The highest BCUT2D eigenvalue weighted by molar-refractivity contribution is 4.59. The Morgan fingerprint density at radius 1 is 0.875 bits per heavy atom. The molecule has 1 fully saturated rings. The minimum Gasteiger partial charge on any atom is -0.333 e. The third-order valence-corrected chi connectivity index (χ3v) is 0.957. The molecule has 0 aliphatic carbocycles. The van der Waals surface area contributed by atoms with Crippen LogP contribution in [0.2, 0.25) is 0 Å². The van der Waals surface area contributed by atoms with Crippen molar-refractivity contribution in [2.45, 2.75) is 0 Å². The molecule has 3 heteroatoms. The molecule has 0 bridgehead atoms. The fraction of sp³-hybridized carbons (Fsp3) is 1.00. The van der Waals surface area contributed by atoms with Crippen LogP contribution in [0.15, 0.2) is 0 Å². The molecule has 0 atom stereocenters. The van der Waals surface area contributed by atoms with Crippen molar-refractivity contribution < 1.29 is 0 Å². The highest BCUT2D eigenvalue weighted by Gasteiger charge is 1.91. The van der Waals surface area contributed by atoms with Crippen LogP contribution in [-0.2, 0) is 0 Å². The molecular weight excluding hydrogens is 102 g/mol. The average molecular weight is 117 g/mol. The first kappa shape index (κ1) is 7.88. The molecular formula is C5H15N3. The van der Waals surface area contributed by atoms with Crippen LogP contribution in [0.25, 0.3) is 0 Å². The van der Waals surface area contributed by atoms with Gasteiger partial charge < -0.3 is 16.4 Å². The van der Waals surface area contributed by atoms with Crippen LogP contribution >= 0.6 is 0 Å². The molecule has 3 nitrogen and oxygen atoms in total. The van der Waals surface area contributed by atoms with Gasteiger partial charge in [0.05, 0.1) is 0 Å². The van der Waals surface area contributed by atoms with E-state index in [2.05, 4.69) is 16.4 Å². The quantitative estimate of drug-likeness (QED) is 0.372. The van der Waals surface area contributed by atoms with Crippen LogP contribution < -0.4 is 16.4 Å². The standard InChI is InChI=1S/C4H10N2.CH5N/c1-2-6-4-3-5-1;1-2/h5-6H,1-4H2;2H2,1H3. The molecule has 0 amide bonds. The van der Waals surface area contributed by atoms with Gasteiger partial charge in [-0.05, 0) is 7.05 Å². The lowest BCUT2D eigenvalue weighted by molar-refractivity contribution is 0.534. The highest BCUT2D eigenvalue weighted by Crippen LogP contribution is 1.65. The van der Waals surface area contributed by atoms with Crippen LogP contribution in [0.1, 0.15) is 0 Å². The van der Waals surface area contributed by atoms with Crippen LogP contribution in [0.4, 0.5) is 0 Å². The number of hydrogen-bond acceptors (Lipinski definition) is 3. The molecule has 1 rings (SSSR count). The van der Waals surface area contributed by atoms with E-state index in [1.165, 1.54) is 7.05 Å². The minimum absolute atomic E-state index is 1.14. The SMILES string of the molecule is C1CNCCN1.CN. The molecule has 1 saturated heterocycles. The molecule has 0 spiro atoms. The summed E-state index contributed by atoms with van der Waals surface area (Å²) < 4.78 is 0. The molecule has 0 unspecified atom stereocenters. The van der Waals surface area contributed by atoms with Crippen molar-refractivity contribution in [2.75, 3.05) is 33.2 Å². The second-order valence-corrected chi connectivity index (χ2v) is 1.50. The molecule has 1 aliphatic rings. The molecule has 8 heavy (non-hydrogen) atoms. The van der Waals surface area contributed by atoms with Gasteiger partial charge in [0.1, 0.15) is 0 Å². The summed E-state index contributed by atoms with van der Waals surface area (Å²) in [6.07, 6.45) is 0. The summed E-state index contributed by atoms with van der Waals surface area (Å²) in [6.45, 7) is 4.56. The smallest absolute Gasteiger partial charge is 0.00772 e. The van der Waals surface area contributed by atoms with Gasteiger partial charge in [-0.1, -0.05) is 0 Å². The van der Waals surface area contributed by atoms with E-state index in [1.807, 2.05) is 0 Å². The number of hydrogen-bond donors (Lipinski definition) is 3. The molecule has 0 radical (unpaired) electrons. The van der Waals surface area contributed by atoms with E-state index >= 15 is 0 Å². The Bertz CT molecular complexity index is 23.1. The maximum absolute atomic E-state index is 4.50. The predicted octanol–water partition coefficient (Wildman–Crippen LogP) is -1.25. The molecule has 0 aromatic carbocycles. The average Bonchev–Trinajstić information content (AvgIpc) is 1.96. The normalized spacial score (nSPS) is 18.8. The number of piperazine rings is 1. The van der Waals surface area contributed by atoms with E-state index in [1.54, 1.807) is 0 Å². The summed E-state index contributed by atoms with van der Waals surface area (Å²) in [5.74, 6) is 0. The fourth-order valence-electron chi connectivity index (χ4n) is 0.604. The van der Waals surface area contributed by atoms with Crippen molar-refractivity contribution in [3.8, 4) is 0 Å². The lowest BCUT2D eigenvalue weighted by Crippen LogP contribution is -2.39. The van der Waals surface area contributed by atoms with Gasteiger partial charge in [-0.25, -0.2) is 0 Å². The van der Waals surface area contributed by atoms with Gasteiger partial charge in [-0.15, -0.1) is 0 Å². The second kappa shape index (κ2) is 6.88. The van der Waals surface area contributed by atoms with Crippen LogP contribution in [0.3, 0.4) is 0 Å². The lowest BCUT2D eigenvalue weighted by atomic mass is 10.4. The van der Waals surface area contributed by atoms with Crippen molar-refractivity contribution in [3.05, 3.63) is 0 Å². The Labute approximate surface area is 50.6 Å². The van der Waals surface area contributed by atoms with E-state index in [0.29, 0.717) is 0 Å². The Balaban J connectivity index is 0.000000222. The maximum Gasteiger partial charge on any atom is 0.00772 e. The van der Waals surface area contributed by atoms with Crippen LogP contribution in [-0.4, -0.2) is 33.2 Å². The number of nitrogens with two attached hydrogens (primary N) is 1. The topological polar surface area (TPSA) is 50.1 Å². The predicted molar refractivity (Wildman–Crippen MR) is 35.9 cm³/mol. The van der Waals surface area contributed by atoms with Gasteiger partial charge in [0.2, 0.25) is 0 Å². The van der Waals surface area contributed by atoms with Gasteiger partial charge in [-0.2, -0.15) is 0 Å².